The van der Waals surface area contributed by atoms with Gasteiger partial charge < -0.3 is 9.80 Å². The molecule has 0 radical (unpaired) electrons. The zero-order valence-electron chi connectivity index (χ0n) is 19.5. The fourth-order valence-corrected chi connectivity index (χ4v) is 5.14. The van der Waals surface area contributed by atoms with Gasteiger partial charge in [-0.05, 0) is 67.4 Å². The number of amides is 1. The number of hydrogen-bond acceptors (Lipinski definition) is 6. The van der Waals surface area contributed by atoms with Gasteiger partial charge in [0, 0.05) is 43.5 Å². The van der Waals surface area contributed by atoms with Gasteiger partial charge in [0.1, 0.15) is 5.69 Å². The molecule has 35 heavy (non-hydrogen) atoms. The molecule has 1 saturated heterocycles. The number of nitrogens with one attached hydrogen (secondary N) is 1. The number of carbonyl (C=O) groups is 1. The lowest BCUT2D eigenvalue weighted by atomic mass is 10.1. The number of aryl methyl sites for hydroxylation is 2. The number of benzene rings is 3. The fourth-order valence-electron chi connectivity index (χ4n) is 3.99. The Morgan fingerprint density at radius 3 is 2.20 bits per heavy atom. The zero-order chi connectivity index (χ0) is 25.2. The van der Waals surface area contributed by atoms with Gasteiger partial charge in [-0.15, -0.1) is 0 Å². The standard InChI is InChI=1S/C25H26N4O5S/c1-18-7-12-22(17-19(18)2)35(33,34)26-21-10-8-20(9-11-21)25(30)28-15-13-27(14-16-28)23-5-3-4-6-24(23)29(31)32/h3-12,17,26H,13-16H2,1-2H3. The number of piperazine rings is 1. The highest BCUT2D eigenvalue weighted by molar-refractivity contribution is 7.92. The monoisotopic (exact) mass is 494 g/mol. The molecule has 0 saturated carbocycles. The van der Waals surface area contributed by atoms with Crippen molar-refractivity contribution in [2.24, 2.45) is 0 Å². The molecule has 0 unspecified atom stereocenters. The third-order valence-electron chi connectivity index (χ3n) is 6.16. The summed E-state index contributed by atoms with van der Waals surface area (Å²) < 4.78 is 28.0. The second-order valence-electron chi connectivity index (χ2n) is 8.45. The maximum Gasteiger partial charge on any atom is 0.292 e. The van der Waals surface area contributed by atoms with Gasteiger partial charge in [0.25, 0.3) is 21.6 Å². The lowest BCUT2D eigenvalue weighted by Crippen LogP contribution is -2.48. The quantitative estimate of drug-likeness (QED) is 0.410. The predicted octanol–water partition coefficient (Wildman–Crippen LogP) is 3.97. The number of hydrogen-bond donors (Lipinski definition) is 1. The summed E-state index contributed by atoms with van der Waals surface area (Å²) in [4.78, 5) is 27.7. The van der Waals surface area contributed by atoms with Crippen molar-refractivity contribution in [3.8, 4) is 0 Å². The molecule has 1 amide bonds. The number of nitrogens with zero attached hydrogens (tertiary/aromatic N) is 3. The summed E-state index contributed by atoms with van der Waals surface area (Å²) >= 11 is 0. The van der Waals surface area contributed by atoms with E-state index < -0.39 is 14.9 Å². The Hall–Kier alpha value is -3.92. The van der Waals surface area contributed by atoms with Gasteiger partial charge in [0.15, 0.2) is 0 Å². The molecule has 1 aliphatic rings. The van der Waals surface area contributed by atoms with Crippen molar-refractivity contribution in [3.05, 3.63) is 93.5 Å². The third-order valence-corrected chi connectivity index (χ3v) is 7.54. The van der Waals surface area contributed by atoms with E-state index in [1.54, 1.807) is 65.6 Å². The minimum absolute atomic E-state index is 0.0473. The first-order valence-electron chi connectivity index (χ1n) is 11.1. The van der Waals surface area contributed by atoms with E-state index in [-0.39, 0.29) is 16.5 Å². The number of para-hydroxylation sites is 2. The van der Waals surface area contributed by atoms with Gasteiger partial charge in [-0.2, -0.15) is 0 Å². The molecule has 4 rings (SSSR count). The molecule has 1 aliphatic heterocycles. The van der Waals surface area contributed by atoms with E-state index in [4.69, 9.17) is 0 Å². The minimum Gasteiger partial charge on any atom is -0.362 e. The highest BCUT2D eigenvalue weighted by Gasteiger charge is 2.26. The predicted molar refractivity (Wildman–Crippen MR) is 134 cm³/mol. The molecule has 9 nitrogen and oxygen atoms in total. The lowest BCUT2D eigenvalue weighted by molar-refractivity contribution is -0.384. The Morgan fingerprint density at radius 2 is 1.57 bits per heavy atom. The maximum atomic E-state index is 13.0. The summed E-state index contributed by atoms with van der Waals surface area (Å²) in [5.74, 6) is -0.171. The Morgan fingerprint density at radius 1 is 0.914 bits per heavy atom. The molecule has 0 bridgehead atoms. The average Bonchev–Trinajstić information content (AvgIpc) is 2.85. The van der Waals surface area contributed by atoms with Crippen molar-refractivity contribution in [3.63, 3.8) is 0 Å². The number of sulfonamides is 1. The molecule has 1 fully saturated rings. The molecule has 182 valence electrons. The first-order chi connectivity index (χ1) is 16.7. The van der Waals surface area contributed by atoms with Crippen LogP contribution in [0.4, 0.5) is 17.1 Å². The van der Waals surface area contributed by atoms with Crippen LogP contribution in [0.2, 0.25) is 0 Å². The Labute approximate surface area is 204 Å². The molecular formula is C25H26N4O5S. The second kappa shape index (κ2) is 9.75. The van der Waals surface area contributed by atoms with E-state index in [1.807, 2.05) is 18.7 Å². The van der Waals surface area contributed by atoms with Gasteiger partial charge in [0.05, 0.1) is 9.82 Å². The number of nitro benzene ring substituents is 1. The molecule has 3 aromatic rings. The molecule has 10 heteroatoms. The average molecular weight is 495 g/mol. The summed E-state index contributed by atoms with van der Waals surface area (Å²) in [6.07, 6.45) is 0. The molecule has 1 N–H and O–H groups in total. The largest absolute Gasteiger partial charge is 0.362 e. The van der Waals surface area contributed by atoms with Crippen LogP contribution in [0.5, 0.6) is 0 Å². The van der Waals surface area contributed by atoms with Gasteiger partial charge in [-0.25, -0.2) is 8.42 Å². The highest BCUT2D eigenvalue weighted by Crippen LogP contribution is 2.28. The van der Waals surface area contributed by atoms with Crippen LogP contribution >= 0.6 is 0 Å². The first kappa shape index (κ1) is 24.2. The molecule has 0 spiro atoms. The van der Waals surface area contributed by atoms with Gasteiger partial charge in [-0.3, -0.25) is 19.6 Å². The minimum atomic E-state index is -3.75. The van der Waals surface area contributed by atoms with Crippen molar-refractivity contribution >= 4 is 33.0 Å². The van der Waals surface area contributed by atoms with Gasteiger partial charge in [-0.1, -0.05) is 18.2 Å². The van der Waals surface area contributed by atoms with Crippen LogP contribution in [0.15, 0.2) is 71.6 Å². The number of nitro groups is 1. The summed E-state index contributed by atoms with van der Waals surface area (Å²) in [5, 5.41) is 11.3. The van der Waals surface area contributed by atoms with Crippen molar-refractivity contribution in [1.29, 1.82) is 0 Å². The van der Waals surface area contributed by atoms with Crippen LogP contribution in [-0.4, -0.2) is 50.3 Å². The molecule has 3 aromatic carbocycles. The molecule has 1 heterocycles. The lowest BCUT2D eigenvalue weighted by Gasteiger charge is -2.35. The number of rotatable bonds is 6. The van der Waals surface area contributed by atoms with E-state index in [0.717, 1.165) is 11.1 Å². The van der Waals surface area contributed by atoms with Crippen LogP contribution < -0.4 is 9.62 Å². The van der Waals surface area contributed by atoms with Crippen LogP contribution in [0, 0.1) is 24.0 Å². The van der Waals surface area contributed by atoms with E-state index in [1.165, 1.54) is 6.07 Å². The maximum absolute atomic E-state index is 13.0. The Kier molecular flexibility index (Phi) is 6.74. The number of anilines is 2. The molecule has 0 atom stereocenters. The molecule has 0 aliphatic carbocycles. The second-order valence-corrected chi connectivity index (χ2v) is 10.1. The summed E-state index contributed by atoms with van der Waals surface area (Å²) in [5.41, 5.74) is 3.29. The van der Waals surface area contributed by atoms with Crippen molar-refractivity contribution in [1.82, 2.24) is 4.90 Å². The Balaban J connectivity index is 1.40. The fraction of sp³-hybridized carbons (Fsp3) is 0.240. The SMILES string of the molecule is Cc1ccc(S(=O)(=O)Nc2ccc(C(=O)N3CCN(c4ccccc4[N+](=O)[O-])CC3)cc2)cc1C. The zero-order valence-corrected chi connectivity index (χ0v) is 20.3. The van der Waals surface area contributed by atoms with Gasteiger partial charge in [0.2, 0.25) is 0 Å². The third kappa shape index (κ3) is 5.27. The first-order valence-corrected chi connectivity index (χ1v) is 12.6. The summed E-state index contributed by atoms with van der Waals surface area (Å²) in [6, 6.07) is 17.8. The van der Waals surface area contributed by atoms with Crippen LogP contribution in [0.25, 0.3) is 0 Å². The van der Waals surface area contributed by atoms with E-state index >= 15 is 0 Å². The Bertz CT molecular complexity index is 1360. The van der Waals surface area contributed by atoms with Crippen LogP contribution in [-0.2, 0) is 10.0 Å². The van der Waals surface area contributed by atoms with Gasteiger partial charge >= 0.3 is 0 Å². The smallest absolute Gasteiger partial charge is 0.292 e. The van der Waals surface area contributed by atoms with Crippen molar-refractivity contribution < 1.29 is 18.1 Å². The van der Waals surface area contributed by atoms with E-state index in [2.05, 4.69) is 4.72 Å². The van der Waals surface area contributed by atoms with Crippen LogP contribution in [0.3, 0.4) is 0 Å². The topological polar surface area (TPSA) is 113 Å². The van der Waals surface area contributed by atoms with Crippen LogP contribution in [0.1, 0.15) is 21.5 Å². The van der Waals surface area contributed by atoms with E-state index in [0.29, 0.717) is 43.1 Å². The molecule has 0 aromatic heterocycles. The van der Waals surface area contributed by atoms with Crippen molar-refractivity contribution in [2.45, 2.75) is 18.7 Å². The molecular weight excluding hydrogens is 468 g/mol. The summed E-state index contributed by atoms with van der Waals surface area (Å²) in [7, 11) is -3.75. The normalized spacial score (nSPS) is 14.0. The summed E-state index contributed by atoms with van der Waals surface area (Å²) in [6.45, 7) is 5.57. The highest BCUT2D eigenvalue weighted by atomic mass is 32.2. The van der Waals surface area contributed by atoms with E-state index in [9.17, 15) is 23.3 Å². The van der Waals surface area contributed by atoms with Crippen molar-refractivity contribution in [2.75, 3.05) is 35.8 Å². The number of carbonyl (C=O) groups excluding carboxylic acids is 1.